The number of carbonyl (C=O) groups is 1. The van der Waals surface area contributed by atoms with Crippen LogP contribution in [0.3, 0.4) is 0 Å². The Morgan fingerprint density at radius 1 is 1.09 bits per heavy atom. The van der Waals surface area contributed by atoms with Gasteiger partial charge in [-0.15, -0.1) is 0 Å². The molecule has 178 valence electrons. The van der Waals surface area contributed by atoms with E-state index in [9.17, 15) is 14.3 Å². The minimum Gasteiger partial charge on any atom is -0.481 e. The number of halogens is 1. The van der Waals surface area contributed by atoms with Gasteiger partial charge in [-0.3, -0.25) is 9.69 Å². The summed E-state index contributed by atoms with van der Waals surface area (Å²) >= 11 is 0. The summed E-state index contributed by atoms with van der Waals surface area (Å²) in [6.45, 7) is 4.58. The third kappa shape index (κ3) is 3.37. The Kier molecular flexibility index (Phi) is 4.89. The number of carboxylic acid groups (broad SMARTS) is 1. The third-order valence-corrected chi connectivity index (χ3v) is 8.89. The minimum absolute atomic E-state index is 0.0593. The maximum absolute atomic E-state index is 14.6. The summed E-state index contributed by atoms with van der Waals surface area (Å²) in [5, 5.41) is 10.1. The van der Waals surface area contributed by atoms with Gasteiger partial charge < -0.3 is 9.67 Å². The van der Waals surface area contributed by atoms with Gasteiger partial charge in [-0.05, 0) is 73.3 Å². The predicted octanol–water partition coefficient (Wildman–Crippen LogP) is 5.32. The number of fused-ring (bicyclic) bond motifs is 2. The highest BCUT2D eigenvalue weighted by atomic mass is 19.1. The summed E-state index contributed by atoms with van der Waals surface area (Å²) < 4.78 is 16.7. The summed E-state index contributed by atoms with van der Waals surface area (Å²) in [7, 11) is 2.02. The Bertz CT molecular complexity index is 1260. The summed E-state index contributed by atoms with van der Waals surface area (Å²) in [5.41, 5.74) is 4.37. The molecule has 6 heteroatoms. The Morgan fingerprint density at radius 2 is 1.79 bits per heavy atom. The van der Waals surface area contributed by atoms with Gasteiger partial charge in [0.1, 0.15) is 11.5 Å². The van der Waals surface area contributed by atoms with Crippen LogP contribution in [0.5, 0.6) is 0 Å². The molecular weight excluding hydrogens is 429 g/mol. The number of carboxylic acids is 1. The zero-order valence-corrected chi connectivity index (χ0v) is 20.0. The van der Waals surface area contributed by atoms with Gasteiger partial charge in [-0.25, -0.2) is 9.37 Å². The van der Waals surface area contributed by atoms with Crippen LogP contribution < -0.4 is 0 Å². The SMILES string of the molecule is Cc1nc2cc(-c3ccc([C@@H]4CC(N5CC6(F)CC5C6)C[C@H](C)C4C(=O)O)cc3)ccc2n1C. The number of alkyl halides is 1. The van der Waals surface area contributed by atoms with Crippen molar-refractivity contribution >= 4 is 17.0 Å². The average molecular weight is 462 g/mol. The standard InChI is InChI=1S/C28H32FN3O2/c1-16-10-21(32-15-28(29)13-22(32)14-28)12-23(26(16)27(33)34)19-6-4-18(5-7-19)20-8-9-25-24(11-20)30-17(2)31(25)3/h4-9,11,16,21-23,26H,10,12-15H2,1-3H3,(H,33,34)/t16-,21?,22?,23-,26?,28?/m0/s1. The number of aliphatic carboxylic acids is 1. The second-order valence-electron chi connectivity index (χ2n) is 11.0. The van der Waals surface area contributed by atoms with Gasteiger partial charge in [0.25, 0.3) is 0 Å². The molecule has 4 fully saturated rings. The molecule has 2 saturated heterocycles. The molecule has 3 aromatic rings. The van der Waals surface area contributed by atoms with E-state index in [1.54, 1.807) is 0 Å². The van der Waals surface area contributed by atoms with Gasteiger partial charge in [-0.2, -0.15) is 0 Å². The van der Waals surface area contributed by atoms with E-state index in [0.717, 1.165) is 46.4 Å². The molecule has 2 bridgehead atoms. The van der Waals surface area contributed by atoms with Crippen LogP contribution >= 0.6 is 0 Å². The molecule has 7 rings (SSSR count). The van der Waals surface area contributed by atoms with Crippen LogP contribution in [0.1, 0.15) is 49.9 Å². The van der Waals surface area contributed by atoms with Gasteiger partial charge in [0.15, 0.2) is 0 Å². The number of imidazole rings is 1. The molecule has 2 aliphatic carbocycles. The number of nitrogens with zero attached hydrogens (tertiary/aromatic N) is 3. The minimum atomic E-state index is -0.998. The molecule has 2 saturated carbocycles. The fourth-order valence-corrected chi connectivity index (χ4v) is 6.99. The van der Waals surface area contributed by atoms with Crippen LogP contribution in [0.15, 0.2) is 42.5 Å². The highest BCUT2D eigenvalue weighted by Gasteiger charge is 2.58. The van der Waals surface area contributed by atoms with E-state index in [1.165, 1.54) is 0 Å². The maximum atomic E-state index is 14.6. The monoisotopic (exact) mass is 461 g/mol. The lowest BCUT2D eigenvalue weighted by Gasteiger charge is -2.43. The number of hydrogen-bond donors (Lipinski definition) is 1. The number of hydrogen-bond acceptors (Lipinski definition) is 3. The van der Waals surface area contributed by atoms with E-state index in [1.807, 2.05) is 14.0 Å². The van der Waals surface area contributed by atoms with Gasteiger partial charge in [0, 0.05) is 25.7 Å². The molecule has 2 unspecified atom stereocenters. The molecular formula is C28H32FN3O2. The van der Waals surface area contributed by atoms with Crippen molar-refractivity contribution in [2.45, 2.75) is 63.2 Å². The predicted molar refractivity (Wildman–Crippen MR) is 131 cm³/mol. The molecule has 34 heavy (non-hydrogen) atoms. The van der Waals surface area contributed by atoms with E-state index in [2.05, 4.69) is 63.8 Å². The lowest BCUT2D eigenvalue weighted by atomic mass is 9.67. The lowest BCUT2D eigenvalue weighted by Crippen LogP contribution is -2.46. The molecule has 2 aliphatic heterocycles. The number of rotatable bonds is 4. The number of aromatic nitrogens is 2. The van der Waals surface area contributed by atoms with E-state index in [4.69, 9.17) is 0 Å². The molecule has 1 N–H and O–H groups in total. The zero-order chi connectivity index (χ0) is 23.8. The van der Waals surface area contributed by atoms with E-state index < -0.39 is 17.6 Å². The zero-order valence-electron chi connectivity index (χ0n) is 20.0. The van der Waals surface area contributed by atoms with Crippen LogP contribution in [-0.4, -0.2) is 49.8 Å². The van der Waals surface area contributed by atoms with Crippen molar-refractivity contribution in [1.82, 2.24) is 14.5 Å². The molecule has 3 heterocycles. The first-order chi connectivity index (χ1) is 16.2. The molecule has 4 atom stereocenters. The van der Waals surface area contributed by atoms with Gasteiger partial charge >= 0.3 is 5.97 Å². The second kappa shape index (κ2) is 7.64. The van der Waals surface area contributed by atoms with Gasteiger partial charge in [0.05, 0.1) is 17.0 Å². The fraction of sp³-hybridized carbons (Fsp3) is 0.500. The van der Waals surface area contributed by atoms with Crippen molar-refractivity contribution in [1.29, 1.82) is 0 Å². The molecule has 4 aliphatic rings. The van der Waals surface area contributed by atoms with Crippen molar-refractivity contribution < 1.29 is 14.3 Å². The molecule has 1 aromatic heterocycles. The number of benzene rings is 2. The van der Waals surface area contributed by atoms with Gasteiger partial charge in [-0.1, -0.05) is 37.3 Å². The smallest absolute Gasteiger partial charge is 0.307 e. The molecule has 0 spiro atoms. The van der Waals surface area contributed by atoms with Crippen LogP contribution in [0.2, 0.25) is 0 Å². The molecule has 0 radical (unpaired) electrons. The molecule has 0 amide bonds. The summed E-state index contributed by atoms with van der Waals surface area (Å²) in [6, 6.07) is 15.3. The first kappa shape index (κ1) is 21.8. The quantitative estimate of drug-likeness (QED) is 0.572. The average Bonchev–Trinajstić information content (AvgIpc) is 3.40. The van der Waals surface area contributed by atoms with E-state index in [0.29, 0.717) is 25.4 Å². The molecule has 5 nitrogen and oxygen atoms in total. The van der Waals surface area contributed by atoms with Crippen molar-refractivity contribution in [3.8, 4) is 11.1 Å². The Hall–Kier alpha value is -2.73. The lowest BCUT2D eigenvalue weighted by molar-refractivity contribution is -0.146. The fourth-order valence-electron chi connectivity index (χ4n) is 6.99. The molecule has 2 aromatic carbocycles. The Labute approximate surface area is 199 Å². The Morgan fingerprint density at radius 3 is 2.44 bits per heavy atom. The van der Waals surface area contributed by atoms with Crippen LogP contribution in [0, 0.1) is 18.8 Å². The third-order valence-electron chi connectivity index (χ3n) is 8.89. The maximum Gasteiger partial charge on any atom is 0.307 e. The summed E-state index contributed by atoms with van der Waals surface area (Å²) in [5.74, 6) is -0.147. The van der Waals surface area contributed by atoms with Crippen LogP contribution in [0.4, 0.5) is 4.39 Å². The van der Waals surface area contributed by atoms with E-state index >= 15 is 0 Å². The van der Waals surface area contributed by atoms with Crippen molar-refractivity contribution in [2.75, 3.05) is 6.54 Å². The van der Waals surface area contributed by atoms with Gasteiger partial charge in [0.2, 0.25) is 0 Å². The van der Waals surface area contributed by atoms with Crippen LogP contribution in [-0.2, 0) is 11.8 Å². The second-order valence-corrected chi connectivity index (χ2v) is 11.0. The van der Waals surface area contributed by atoms with Crippen LogP contribution in [0.25, 0.3) is 22.2 Å². The largest absolute Gasteiger partial charge is 0.481 e. The normalized spacial score (nSPS) is 33.2. The Balaban J connectivity index is 1.28. The van der Waals surface area contributed by atoms with Crippen molar-refractivity contribution in [3.05, 3.63) is 53.9 Å². The summed E-state index contributed by atoms with van der Waals surface area (Å²) in [6.07, 6.45) is 2.92. The highest BCUT2D eigenvalue weighted by molar-refractivity contribution is 5.82. The number of aryl methyl sites for hydroxylation is 2. The first-order valence-corrected chi connectivity index (χ1v) is 12.4. The summed E-state index contributed by atoms with van der Waals surface area (Å²) in [4.78, 5) is 19.3. The first-order valence-electron chi connectivity index (χ1n) is 12.4. The van der Waals surface area contributed by atoms with Crippen molar-refractivity contribution in [2.24, 2.45) is 18.9 Å². The highest BCUT2D eigenvalue weighted by Crippen LogP contribution is 2.52. The van der Waals surface area contributed by atoms with E-state index in [-0.39, 0.29) is 17.9 Å². The van der Waals surface area contributed by atoms with Crippen molar-refractivity contribution in [3.63, 3.8) is 0 Å². The topological polar surface area (TPSA) is 58.4 Å².